The highest BCUT2D eigenvalue weighted by atomic mass is 32.1. The number of thiophene rings is 1. The van der Waals surface area contributed by atoms with E-state index in [1.165, 1.54) is 204 Å². The maximum absolute atomic E-state index is 5.99. The van der Waals surface area contributed by atoms with E-state index in [4.69, 9.17) is 9.47 Å². The summed E-state index contributed by atoms with van der Waals surface area (Å²) in [5, 5.41) is 4.64. The van der Waals surface area contributed by atoms with Crippen molar-refractivity contribution in [2.24, 2.45) is 0 Å². The van der Waals surface area contributed by atoms with Gasteiger partial charge in [-0.05, 0) is 47.6 Å². The highest BCUT2D eigenvalue weighted by molar-refractivity contribution is 7.08. The van der Waals surface area contributed by atoms with Crippen LogP contribution < -0.4 is 0 Å². The second kappa shape index (κ2) is 36.5. The van der Waals surface area contributed by atoms with E-state index in [2.05, 4.69) is 24.6 Å². The van der Waals surface area contributed by atoms with Crippen molar-refractivity contribution < 1.29 is 9.47 Å². The summed E-state index contributed by atoms with van der Waals surface area (Å²) in [6, 6.07) is 0. The molecule has 0 aliphatic rings. The van der Waals surface area contributed by atoms with Crippen LogP contribution in [0.3, 0.4) is 0 Å². The van der Waals surface area contributed by atoms with Crippen molar-refractivity contribution in [2.75, 3.05) is 26.4 Å². The van der Waals surface area contributed by atoms with E-state index in [0.29, 0.717) is 0 Å². The van der Waals surface area contributed by atoms with Gasteiger partial charge in [0.1, 0.15) is 0 Å². The normalized spacial score (nSPS) is 11.6. The van der Waals surface area contributed by atoms with Gasteiger partial charge in [-0.25, -0.2) is 0 Å². The van der Waals surface area contributed by atoms with Crippen LogP contribution in [0.4, 0.5) is 0 Å². The molecule has 0 atom stereocenters. The van der Waals surface area contributed by atoms with Crippen LogP contribution in [0.1, 0.15) is 218 Å². The minimum Gasteiger partial charge on any atom is -0.381 e. The van der Waals surface area contributed by atoms with E-state index >= 15 is 0 Å². The minimum absolute atomic E-state index is 0.863. The Hall–Kier alpha value is -0.380. The fraction of sp³-hybridized carbons (Fsp3) is 0.905. The van der Waals surface area contributed by atoms with Crippen molar-refractivity contribution in [1.29, 1.82) is 0 Å². The lowest BCUT2D eigenvalue weighted by atomic mass is 10.0. The molecule has 0 radical (unpaired) electrons. The van der Waals surface area contributed by atoms with Crippen molar-refractivity contribution >= 4 is 11.3 Å². The Labute approximate surface area is 287 Å². The Balaban J connectivity index is 1.80. The molecule has 0 aromatic carbocycles. The summed E-state index contributed by atoms with van der Waals surface area (Å²) in [6.07, 6.45) is 44.6. The summed E-state index contributed by atoms with van der Waals surface area (Å²) in [5.74, 6) is 0. The van der Waals surface area contributed by atoms with Gasteiger partial charge in [0.2, 0.25) is 0 Å². The number of unbranched alkanes of at least 4 members (excludes halogenated alkanes) is 28. The Kier molecular flexibility index (Phi) is 34.5. The average Bonchev–Trinajstić information content (AvgIpc) is 3.50. The Morgan fingerprint density at radius 1 is 0.333 bits per heavy atom. The van der Waals surface area contributed by atoms with Crippen molar-refractivity contribution in [1.82, 2.24) is 0 Å². The molecule has 0 amide bonds. The van der Waals surface area contributed by atoms with Crippen molar-refractivity contribution in [3.8, 4) is 0 Å². The van der Waals surface area contributed by atoms with E-state index in [-0.39, 0.29) is 0 Å². The zero-order chi connectivity index (χ0) is 32.1. The van der Waals surface area contributed by atoms with Crippen LogP contribution in [0.15, 0.2) is 10.8 Å². The molecule has 0 fully saturated rings. The highest BCUT2D eigenvalue weighted by Crippen LogP contribution is 2.18. The van der Waals surface area contributed by atoms with Crippen molar-refractivity contribution in [3.05, 3.63) is 21.9 Å². The lowest BCUT2D eigenvalue weighted by Crippen LogP contribution is -2.04. The summed E-state index contributed by atoms with van der Waals surface area (Å²) in [7, 11) is 0. The second-order valence-electron chi connectivity index (χ2n) is 14.0. The Morgan fingerprint density at radius 2 is 0.578 bits per heavy atom. The SMILES string of the molecule is CCCCCCCCCCCCCCCCCOCCc1cscc1CCOCCCCCCCCCCCCCCCCC. The van der Waals surface area contributed by atoms with Gasteiger partial charge in [0.05, 0.1) is 13.2 Å². The van der Waals surface area contributed by atoms with E-state index < -0.39 is 0 Å². The molecule has 0 bridgehead atoms. The number of rotatable bonds is 38. The van der Waals surface area contributed by atoms with Gasteiger partial charge in [-0.2, -0.15) is 11.3 Å². The number of hydrogen-bond acceptors (Lipinski definition) is 3. The predicted octanol–water partition coefficient (Wildman–Crippen LogP) is 14.6. The van der Waals surface area contributed by atoms with Crippen molar-refractivity contribution in [2.45, 2.75) is 219 Å². The molecule has 0 spiro atoms. The summed E-state index contributed by atoms with van der Waals surface area (Å²) in [6.45, 7) is 8.19. The largest absolute Gasteiger partial charge is 0.381 e. The molecule has 1 heterocycles. The maximum atomic E-state index is 5.99. The smallest absolute Gasteiger partial charge is 0.0506 e. The van der Waals surface area contributed by atoms with Crippen LogP contribution >= 0.6 is 11.3 Å². The third kappa shape index (κ3) is 30.7. The molecule has 0 aliphatic carbocycles. The molecule has 1 aromatic heterocycles. The zero-order valence-electron chi connectivity index (χ0n) is 30.8. The Bertz CT molecular complexity index is 617. The summed E-state index contributed by atoms with van der Waals surface area (Å²) < 4.78 is 12.0. The third-order valence-corrected chi connectivity index (χ3v) is 10.5. The monoisotopic (exact) mass is 649 g/mol. The molecule has 266 valence electrons. The van der Waals surface area contributed by atoms with Gasteiger partial charge in [-0.1, -0.05) is 194 Å². The van der Waals surface area contributed by atoms with E-state index in [0.717, 1.165) is 39.3 Å². The fourth-order valence-corrected chi connectivity index (χ4v) is 7.44. The fourth-order valence-electron chi connectivity index (χ4n) is 6.51. The molecule has 2 nitrogen and oxygen atoms in total. The molecular weight excluding hydrogens is 569 g/mol. The first-order valence-electron chi connectivity index (χ1n) is 20.6. The van der Waals surface area contributed by atoms with E-state index in [9.17, 15) is 0 Å². The minimum atomic E-state index is 0.863. The van der Waals surface area contributed by atoms with Gasteiger partial charge in [-0.3, -0.25) is 0 Å². The molecule has 3 heteroatoms. The number of ether oxygens (including phenoxy) is 2. The van der Waals surface area contributed by atoms with Gasteiger partial charge < -0.3 is 9.47 Å². The van der Waals surface area contributed by atoms with Crippen molar-refractivity contribution in [3.63, 3.8) is 0 Å². The van der Waals surface area contributed by atoms with Crippen LogP contribution in [0.5, 0.6) is 0 Å². The molecule has 0 N–H and O–H groups in total. The highest BCUT2D eigenvalue weighted by Gasteiger charge is 2.05. The molecular formula is C42H80O2S. The first-order valence-corrected chi connectivity index (χ1v) is 21.5. The van der Waals surface area contributed by atoms with Gasteiger partial charge >= 0.3 is 0 Å². The van der Waals surface area contributed by atoms with Crippen LogP contribution in [-0.2, 0) is 22.3 Å². The molecule has 0 aliphatic heterocycles. The zero-order valence-corrected chi connectivity index (χ0v) is 31.7. The predicted molar refractivity (Wildman–Crippen MR) is 203 cm³/mol. The molecule has 0 saturated heterocycles. The molecule has 0 unspecified atom stereocenters. The first-order chi connectivity index (χ1) is 22.4. The summed E-state index contributed by atoms with van der Waals surface area (Å²) in [5.41, 5.74) is 2.96. The Morgan fingerprint density at radius 3 is 0.844 bits per heavy atom. The van der Waals surface area contributed by atoms with E-state index in [1.54, 1.807) is 0 Å². The van der Waals surface area contributed by atoms with Gasteiger partial charge in [0.25, 0.3) is 0 Å². The van der Waals surface area contributed by atoms with Crippen LogP contribution in [0.2, 0.25) is 0 Å². The molecule has 1 rings (SSSR count). The van der Waals surface area contributed by atoms with Crippen LogP contribution in [-0.4, -0.2) is 26.4 Å². The first kappa shape index (κ1) is 42.6. The third-order valence-electron chi connectivity index (χ3n) is 9.65. The topological polar surface area (TPSA) is 18.5 Å². The van der Waals surface area contributed by atoms with Gasteiger partial charge in [0.15, 0.2) is 0 Å². The lowest BCUT2D eigenvalue weighted by molar-refractivity contribution is 0.129. The maximum Gasteiger partial charge on any atom is 0.0506 e. The standard InChI is InChI=1S/C42H80O2S/c1-3-5-7-9-11-13-15-17-19-21-23-25-27-29-31-35-43-37-33-41-39-45-40-42(41)34-38-44-36-32-30-28-26-24-22-20-18-16-14-12-10-8-6-4-2/h39-40H,3-38H2,1-2H3. The van der Waals surface area contributed by atoms with Gasteiger partial charge in [-0.15, -0.1) is 0 Å². The second-order valence-corrected chi connectivity index (χ2v) is 14.8. The molecule has 0 saturated carbocycles. The molecule has 1 aromatic rings. The summed E-state index contributed by atoms with van der Waals surface area (Å²) >= 11 is 1.83. The molecule has 45 heavy (non-hydrogen) atoms. The van der Waals surface area contributed by atoms with Crippen LogP contribution in [0, 0.1) is 0 Å². The average molecular weight is 649 g/mol. The quantitative estimate of drug-likeness (QED) is 0.0664. The van der Waals surface area contributed by atoms with Gasteiger partial charge in [0, 0.05) is 13.2 Å². The van der Waals surface area contributed by atoms with E-state index in [1.807, 2.05) is 11.3 Å². The number of hydrogen-bond donors (Lipinski definition) is 0. The van der Waals surface area contributed by atoms with Crippen LogP contribution in [0.25, 0.3) is 0 Å². The summed E-state index contributed by atoms with van der Waals surface area (Å²) in [4.78, 5) is 0. The lowest BCUT2D eigenvalue weighted by Gasteiger charge is -2.07.